The van der Waals surface area contributed by atoms with Crippen molar-refractivity contribution in [1.29, 1.82) is 0 Å². The smallest absolute Gasteiger partial charge is 0.255 e. The highest BCUT2D eigenvalue weighted by Gasteiger charge is 2.20. The van der Waals surface area contributed by atoms with Gasteiger partial charge in [0.05, 0.1) is 0 Å². The van der Waals surface area contributed by atoms with E-state index >= 15 is 0 Å². The highest BCUT2D eigenvalue weighted by molar-refractivity contribution is 6.04. The quantitative estimate of drug-likeness (QED) is 0.797. The fourth-order valence-electron chi connectivity index (χ4n) is 3.77. The Labute approximate surface area is 169 Å². The van der Waals surface area contributed by atoms with E-state index < -0.39 is 0 Å². The zero-order valence-electron chi connectivity index (χ0n) is 17.6. The summed E-state index contributed by atoms with van der Waals surface area (Å²) in [5.41, 5.74) is 4.07. The van der Waals surface area contributed by atoms with E-state index in [1.807, 2.05) is 36.4 Å². The Morgan fingerprint density at radius 2 is 1.64 bits per heavy atom. The molecule has 0 radical (unpaired) electrons. The monoisotopic (exact) mass is 379 g/mol. The van der Waals surface area contributed by atoms with E-state index in [2.05, 4.69) is 55.2 Å². The second-order valence-electron chi connectivity index (χ2n) is 8.40. The lowest BCUT2D eigenvalue weighted by Crippen LogP contribution is -2.41. The first-order valence-corrected chi connectivity index (χ1v) is 10.3. The predicted octanol–water partition coefficient (Wildman–Crippen LogP) is 4.59. The lowest BCUT2D eigenvalue weighted by molar-refractivity contribution is 0.102. The molecule has 4 heteroatoms. The van der Waals surface area contributed by atoms with Gasteiger partial charge in [-0.15, -0.1) is 0 Å². The van der Waals surface area contributed by atoms with Crippen molar-refractivity contribution in [2.45, 2.75) is 45.2 Å². The van der Waals surface area contributed by atoms with E-state index in [1.165, 1.54) is 24.0 Å². The fraction of sp³-hybridized carbons (Fsp3) is 0.458. The van der Waals surface area contributed by atoms with Gasteiger partial charge in [-0.3, -0.25) is 9.69 Å². The molecule has 1 amide bonds. The number of likely N-dealkylation sites (tertiary alicyclic amines) is 1. The maximum Gasteiger partial charge on any atom is 0.255 e. The summed E-state index contributed by atoms with van der Waals surface area (Å²) in [6.07, 6.45) is 2.47. The number of benzene rings is 2. The first-order valence-electron chi connectivity index (χ1n) is 10.3. The number of piperidine rings is 1. The van der Waals surface area contributed by atoms with Gasteiger partial charge in [-0.2, -0.15) is 0 Å². The van der Waals surface area contributed by atoms with E-state index in [0.29, 0.717) is 17.5 Å². The van der Waals surface area contributed by atoms with Gasteiger partial charge in [-0.1, -0.05) is 38.1 Å². The summed E-state index contributed by atoms with van der Waals surface area (Å²) < 4.78 is 0. The van der Waals surface area contributed by atoms with Crippen LogP contribution in [0.4, 0.5) is 5.69 Å². The topological polar surface area (TPSA) is 35.6 Å². The number of carbonyl (C=O) groups excluding carboxylic acids is 1. The van der Waals surface area contributed by atoms with Gasteiger partial charge in [-0.05, 0) is 81.3 Å². The molecule has 0 atom stereocenters. The Morgan fingerprint density at radius 3 is 2.18 bits per heavy atom. The van der Waals surface area contributed by atoms with Crippen molar-refractivity contribution in [3.63, 3.8) is 0 Å². The van der Waals surface area contributed by atoms with Crippen LogP contribution in [0.25, 0.3) is 0 Å². The van der Waals surface area contributed by atoms with E-state index in [4.69, 9.17) is 0 Å². The van der Waals surface area contributed by atoms with Crippen molar-refractivity contribution < 1.29 is 4.79 Å². The van der Waals surface area contributed by atoms with Crippen molar-refractivity contribution in [3.8, 4) is 0 Å². The average molecular weight is 380 g/mol. The minimum Gasteiger partial charge on any atom is -0.322 e. The van der Waals surface area contributed by atoms with Crippen molar-refractivity contribution in [3.05, 3.63) is 65.2 Å². The molecule has 2 aromatic rings. The van der Waals surface area contributed by atoms with Crippen LogP contribution in [0.5, 0.6) is 0 Å². The summed E-state index contributed by atoms with van der Waals surface area (Å²) in [5.74, 6) is 0.409. The number of rotatable bonds is 6. The highest BCUT2D eigenvalue weighted by atomic mass is 16.1. The van der Waals surface area contributed by atoms with Crippen LogP contribution in [0.1, 0.15) is 54.1 Å². The van der Waals surface area contributed by atoms with Gasteiger partial charge >= 0.3 is 0 Å². The number of amides is 1. The molecule has 0 bridgehead atoms. The number of carbonyl (C=O) groups is 1. The number of hydrogen-bond donors (Lipinski definition) is 1. The van der Waals surface area contributed by atoms with Crippen LogP contribution in [-0.4, -0.2) is 48.9 Å². The predicted molar refractivity (Wildman–Crippen MR) is 117 cm³/mol. The largest absolute Gasteiger partial charge is 0.322 e. The minimum absolute atomic E-state index is 0.0613. The van der Waals surface area contributed by atoms with Crippen LogP contribution in [0.15, 0.2) is 48.5 Å². The molecule has 0 aromatic heterocycles. The number of anilines is 1. The van der Waals surface area contributed by atoms with Crippen LogP contribution in [0, 0.1) is 0 Å². The maximum atomic E-state index is 12.5. The van der Waals surface area contributed by atoms with E-state index in [1.54, 1.807) is 0 Å². The third-order valence-corrected chi connectivity index (χ3v) is 5.74. The van der Waals surface area contributed by atoms with Gasteiger partial charge in [0.2, 0.25) is 0 Å². The molecule has 1 aliphatic rings. The highest BCUT2D eigenvalue weighted by Crippen LogP contribution is 2.19. The van der Waals surface area contributed by atoms with Gasteiger partial charge in [0.1, 0.15) is 0 Å². The second-order valence-corrected chi connectivity index (χ2v) is 8.40. The van der Waals surface area contributed by atoms with Crippen LogP contribution in [-0.2, 0) is 6.54 Å². The zero-order valence-corrected chi connectivity index (χ0v) is 17.6. The van der Waals surface area contributed by atoms with Crippen molar-refractivity contribution in [2.24, 2.45) is 0 Å². The summed E-state index contributed by atoms with van der Waals surface area (Å²) in [6.45, 7) is 7.58. The molecular weight excluding hydrogens is 346 g/mol. The standard InChI is InChI=1S/C24H33N3O/c1-18(2)20-7-9-21(10-8-20)24(28)25-22-11-5-19(6-12-22)17-27-15-13-23(14-16-27)26(3)4/h5-12,18,23H,13-17H2,1-4H3,(H,25,28). The molecule has 1 saturated heterocycles. The molecule has 3 rings (SSSR count). The molecule has 0 unspecified atom stereocenters. The normalized spacial score (nSPS) is 15.9. The summed E-state index contributed by atoms with van der Waals surface area (Å²) >= 11 is 0. The van der Waals surface area contributed by atoms with Crippen molar-refractivity contribution in [1.82, 2.24) is 9.80 Å². The summed E-state index contributed by atoms with van der Waals surface area (Å²) in [6, 6.07) is 16.8. The Kier molecular flexibility index (Phi) is 6.87. The summed E-state index contributed by atoms with van der Waals surface area (Å²) in [4.78, 5) is 17.3. The molecule has 1 fully saturated rings. The number of nitrogens with one attached hydrogen (secondary N) is 1. The third kappa shape index (κ3) is 5.43. The lowest BCUT2D eigenvalue weighted by atomic mass is 10.0. The average Bonchev–Trinajstić information content (AvgIpc) is 2.70. The maximum absolute atomic E-state index is 12.5. The molecule has 4 nitrogen and oxygen atoms in total. The molecule has 28 heavy (non-hydrogen) atoms. The van der Waals surface area contributed by atoms with Crippen LogP contribution < -0.4 is 5.32 Å². The Bertz CT molecular complexity index is 757. The van der Waals surface area contributed by atoms with Crippen LogP contribution in [0.2, 0.25) is 0 Å². The molecule has 1 heterocycles. The molecule has 1 aliphatic heterocycles. The van der Waals surface area contributed by atoms with E-state index in [9.17, 15) is 4.79 Å². The van der Waals surface area contributed by atoms with Crippen LogP contribution >= 0.6 is 0 Å². The van der Waals surface area contributed by atoms with E-state index in [-0.39, 0.29) is 5.91 Å². The number of hydrogen-bond acceptors (Lipinski definition) is 3. The molecule has 0 spiro atoms. The van der Waals surface area contributed by atoms with Gasteiger partial charge in [0.25, 0.3) is 5.91 Å². The lowest BCUT2D eigenvalue weighted by Gasteiger charge is -2.35. The molecular formula is C24H33N3O. The fourth-order valence-corrected chi connectivity index (χ4v) is 3.77. The second kappa shape index (κ2) is 9.35. The van der Waals surface area contributed by atoms with Crippen molar-refractivity contribution in [2.75, 3.05) is 32.5 Å². The van der Waals surface area contributed by atoms with Gasteiger partial charge < -0.3 is 10.2 Å². The van der Waals surface area contributed by atoms with Crippen molar-refractivity contribution >= 4 is 11.6 Å². The Hall–Kier alpha value is -2.17. The zero-order chi connectivity index (χ0) is 20.1. The van der Waals surface area contributed by atoms with Gasteiger partial charge in [-0.25, -0.2) is 0 Å². The molecule has 1 N–H and O–H groups in total. The Morgan fingerprint density at radius 1 is 1.04 bits per heavy atom. The summed E-state index contributed by atoms with van der Waals surface area (Å²) in [5, 5.41) is 3.00. The van der Waals surface area contributed by atoms with Gasteiger partial charge in [0.15, 0.2) is 0 Å². The van der Waals surface area contributed by atoms with Gasteiger partial charge in [0, 0.05) is 23.8 Å². The first kappa shape index (κ1) is 20.6. The first-order chi connectivity index (χ1) is 13.4. The minimum atomic E-state index is -0.0613. The third-order valence-electron chi connectivity index (χ3n) is 5.74. The van der Waals surface area contributed by atoms with Crippen LogP contribution in [0.3, 0.4) is 0 Å². The SMILES string of the molecule is CC(C)c1ccc(C(=O)Nc2ccc(CN3CCC(N(C)C)CC3)cc2)cc1. The summed E-state index contributed by atoms with van der Waals surface area (Å²) in [7, 11) is 4.35. The molecule has 2 aromatic carbocycles. The molecule has 150 valence electrons. The molecule has 0 aliphatic carbocycles. The van der Waals surface area contributed by atoms with E-state index in [0.717, 1.165) is 25.3 Å². The Balaban J connectivity index is 1.52. The molecule has 0 saturated carbocycles. The number of nitrogens with zero attached hydrogens (tertiary/aromatic N) is 2.